The summed E-state index contributed by atoms with van der Waals surface area (Å²) in [6, 6.07) is 6.44. The van der Waals surface area contributed by atoms with E-state index in [1.54, 1.807) is 22.9 Å². The second-order valence-electron chi connectivity index (χ2n) is 5.62. The zero-order valence-corrected chi connectivity index (χ0v) is 12.2. The standard InChI is InChI=1S/C15H18FN5O/c16-13-7-3-2-6-12(13)10-17-14(22)15(8-4-1-5-9-15)21-11-18-19-20-21/h2-3,6-7,11H,1,4-5,8-10H2,(H,17,22). The lowest BCUT2D eigenvalue weighted by molar-refractivity contribution is -0.132. The van der Waals surface area contributed by atoms with Crippen molar-refractivity contribution < 1.29 is 9.18 Å². The summed E-state index contributed by atoms with van der Waals surface area (Å²) < 4.78 is 15.2. The summed E-state index contributed by atoms with van der Waals surface area (Å²) in [5.41, 5.74) is -0.286. The van der Waals surface area contributed by atoms with E-state index in [1.165, 1.54) is 12.4 Å². The van der Waals surface area contributed by atoms with Crippen LogP contribution in [0.4, 0.5) is 4.39 Å². The minimum absolute atomic E-state index is 0.150. The van der Waals surface area contributed by atoms with E-state index < -0.39 is 5.54 Å². The molecule has 1 heterocycles. The number of carbonyl (C=O) groups is 1. The van der Waals surface area contributed by atoms with E-state index in [4.69, 9.17) is 0 Å². The highest BCUT2D eigenvalue weighted by molar-refractivity contribution is 5.84. The summed E-state index contributed by atoms with van der Waals surface area (Å²) in [5.74, 6) is -0.467. The van der Waals surface area contributed by atoms with Gasteiger partial charge in [-0.15, -0.1) is 5.10 Å². The Morgan fingerprint density at radius 3 is 2.73 bits per heavy atom. The lowest BCUT2D eigenvalue weighted by Gasteiger charge is -2.35. The lowest BCUT2D eigenvalue weighted by atomic mass is 9.81. The third-order valence-electron chi connectivity index (χ3n) is 4.29. The average Bonchev–Trinajstić information content (AvgIpc) is 3.09. The van der Waals surface area contributed by atoms with E-state index in [1.807, 2.05) is 0 Å². The Bertz CT molecular complexity index is 637. The monoisotopic (exact) mass is 303 g/mol. The zero-order valence-electron chi connectivity index (χ0n) is 12.2. The van der Waals surface area contributed by atoms with Crippen molar-refractivity contribution >= 4 is 5.91 Å². The average molecular weight is 303 g/mol. The molecular weight excluding hydrogens is 285 g/mol. The van der Waals surface area contributed by atoms with Crippen LogP contribution in [0.2, 0.25) is 0 Å². The van der Waals surface area contributed by atoms with Gasteiger partial charge in [0.05, 0.1) is 0 Å². The molecule has 0 atom stereocenters. The van der Waals surface area contributed by atoms with Crippen LogP contribution in [0.25, 0.3) is 0 Å². The molecule has 1 N–H and O–H groups in total. The van der Waals surface area contributed by atoms with Crippen LogP contribution in [-0.2, 0) is 16.9 Å². The van der Waals surface area contributed by atoms with E-state index in [0.29, 0.717) is 18.4 Å². The Morgan fingerprint density at radius 1 is 1.27 bits per heavy atom. The number of aromatic nitrogens is 4. The molecule has 3 rings (SSSR count). The molecule has 0 bridgehead atoms. The SMILES string of the molecule is O=C(NCc1ccccc1F)C1(n2cnnn2)CCCCC1. The summed E-state index contributed by atoms with van der Waals surface area (Å²) in [7, 11) is 0. The molecule has 0 spiro atoms. The van der Waals surface area contributed by atoms with Gasteiger partial charge in [-0.1, -0.05) is 37.5 Å². The molecule has 0 aliphatic heterocycles. The van der Waals surface area contributed by atoms with E-state index >= 15 is 0 Å². The predicted molar refractivity (Wildman–Crippen MR) is 77.1 cm³/mol. The van der Waals surface area contributed by atoms with Crippen LogP contribution in [0.5, 0.6) is 0 Å². The molecule has 1 amide bonds. The van der Waals surface area contributed by atoms with Gasteiger partial charge in [-0.3, -0.25) is 4.79 Å². The van der Waals surface area contributed by atoms with Crippen molar-refractivity contribution in [1.29, 1.82) is 0 Å². The Morgan fingerprint density at radius 2 is 2.05 bits per heavy atom. The van der Waals surface area contributed by atoms with E-state index in [9.17, 15) is 9.18 Å². The first-order chi connectivity index (χ1) is 10.7. The molecule has 1 fully saturated rings. The van der Waals surface area contributed by atoms with Crippen LogP contribution in [0.1, 0.15) is 37.7 Å². The number of hydrogen-bond donors (Lipinski definition) is 1. The minimum Gasteiger partial charge on any atom is -0.350 e. The Labute approximate surface area is 127 Å². The maximum Gasteiger partial charge on any atom is 0.248 e. The number of amides is 1. The number of halogens is 1. The molecule has 22 heavy (non-hydrogen) atoms. The van der Waals surface area contributed by atoms with Gasteiger partial charge >= 0.3 is 0 Å². The van der Waals surface area contributed by atoms with Gasteiger partial charge in [0.1, 0.15) is 17.7 Å². The summed E-state index contributed by atoms with van der Waals surface area (Å²) in [5, 5.41) is 14.1. The van der Waals surface area contributed by atoms with E-state index in [0.717, 1.165) is 19.3 Å². The smallest absolute Gasteiger partial charge is 0.248 e. The Kier molecular flexibility index (Phi) is 4.13. The van der Waals surface area contributed by atoms with E-state index in [2.05, 4.69) is 20.8 Å². The van der Waals surface area contributed by atoms with Crippen molar-refractivity contribution in [3.8, 4) is 0 Å². The second-order valence-corrected chi connectivity index (χ2v) is 5.62. The molecule has 0 unspecified atom stereocenters. The molecule has 1 saturated carbocycles. The van der Waals surface area contributed by atoms with Crippen LogP contribution >= 0.6 is 0 Å². The summed E-state index contributed by atoms with van der Waals surface area (Å²) in [6.07, 6.45) is 5.88. The number of hydrogen-bond acceptors (Lipinski definition) is 4. The summed E-state index contributed by atoms with van der Waals surface area (Å²) >= 11 is 0. The Hall–Kier alpha value is -2.31. The zero-order chi connectivity index (χ0) is 15.4. The van der Waals surface area contributed by atoms with Crippen molar-refractivity contribution in [3.63, 3.8) is 0 Å². The van der Waals surface area contributed by atoms with Crippen LogP contribution in [0, 0.1) is 5.82 Å². The first kappa shape index (κ1) is 14.6. The number of nitrogens with one attached hydrogen (secondary N) is 1. The Balaban J connectivity index is 1.77. The second kappa shape index (κ2) is 6.21. The fraction of sp³-hybridized carbons (Fsp3) is 0.467. The molecule has 0 saturated heterocycles. The molecule has 2 aromatic rings. The number of tetrazole rings is 1. The van der Waals surface area contributed by atoms with Gasteiger partial charge in [0.25, 0.3) is 0 Å². The van der Waals surface area contributed by atoms with Crippen molar-refractivity contribution in [1.82, 2.24) is 25.5 Å². The molecule has 1 aliphatic carbocycles. The fourth-order valence-corrected chi connectivity index (χ4v) is 3.04. The molecule has 0 radical (unpaired) electrons. The number of nitrogens with zero attached hydrogens (tertiary/aromatic N) is 4. The molecule has 1 aromatic carbocycles. The van der Waals surface area contributed by atoms with Gasteiger partial charge < -0.3 is 5.32 Å². The topological polar surface area (TPSA) is 72.7 Å². The first-order valence-electron chi connectivity index (χ1n) is 7.47. The quantitative estimate of drug-likeness (QED) is 0.934. The van der Waals surface area contributed by atoms with Gasteiger partial charge in [0.15, 0.2) is 0 Å². The van der Waals surface area contributed by atoms with E-state index in [-0.39, 0.29) is 18.3 Å². The van der Waals surface area contributed by atoms with Gasteiger partial charge in [0, 0.05) is 12.1 Å². The number of rotatable bonds is 4. The van der Waals surface area contributed by atoms with Gasteiger partial charge in [0.2, 0.25) is 5.91 Å². The highest BCUT2D eigenvalue weighted by Gasteiger charge is 2.42. The van der Waals surface area contributed by atoms with Crippen molar-refractivity contribution in [2.75, 3.05) is 0 Å². The number of carbonyl (C=O) groups excluding carboxylic acids is 1. The molecule has 6 nitrogen and oxygen atoms in total. The molecule has 116 valence electrons. The van der Waals surface area contributed by atoms with Gasteiger partial charge in [-0.25, -0.2) is 9.07 Å². The lowest BCUT2D eigenvalue weighted by Crippen LogP contribution is -2.50. The first-order valence-corrected chi connectivity index (χ1v) is 7.47. The highest BCUT2D eigenvalue weighted by atomic mass is 19.1. The summed E-state index contributed by atoms with van der Waals surface area (Å²) in [4.78, 5) is 12.8. The third-order valence-corrected chi connectivity index (χ3v) is 4.29. The normalized spacial score (nSPS) is 17.1. The van der Waals surface area contributed by atoms with Gasteiger partial charge in [-0.05, 0) is 29.3 Å². The molecule has 7 heteroatoms. The van der Waals surface area contributed by atoms with Crippen LogP contribution in [0.15, 0.2) is 30.6 Å². The van der Waals surface area contributed by atoms with Crippen molar-refractivity contribution in [2.45, 2.75) is 44.2 Å². The highest BCUT2D eigenvalue weighted by Crippen LogP contribution is 2.34. The fourth-order valence-electron chi connectivity index (χ4n) is 3.04. The van der Waals surface area contributed by atoms with Crippen molar-refractivity contribution in [3.05, 3.63) is 42.0 Å². The number of benzene rings is 1. The summed E-state index contributed by atoms with van der Waals surface area (Å²) in [6.45, 7) is 0.162. The maximum absolute atomic E-state index is 13.7. The largest absolute Gasteiger partial charge is 0.350 e. The van der Waals surface area contributed by atoms with Crippen LogP contribution in [-0.4, -0.2) is 26.1 Å². The molecular formula is C15H18FN5O. The predicted octanol–water partition coefficient (Wildman–Crippen LogP) is 1.79. The van der Waals surface area contributed by atoms with Crippen molar-refractivity contribution in [2.24, 2.45) is 0 Å². The minimum atomic E-state index is -0.757. The third kappa shape index (κ3) is 2.70. The van der Waals surface area contributed by atoms with Crippen LogP contribution in [0.3, 0.4) is 0 Å². The molecule has 1 aliphatic rings. The van der Waals surface area contributed by atoms with Gasteiger partial charge in [-0.2, -0.15) is 0 Å². The van der Waals surface area contributed by atoms with Crippen LogP contribution < -0.4 is 5.32 Å². The maximum atomic E-state index is 13.7. The molecule has 1 aromatic heterocycles.